The molecule has 0 aliphatic carbocycles. The fourth-order valence-electron chi connectivity index (χ4n) is 2.74. The lowest BCUT2D eigenvalue weighted by Gasteiger charge is -2.35. The predicted octanol–water partition coefficient (Wildman–Crippen LogP) is 0.786. The minimum atomic E-state index is 0.223. The first kappa shape index (κ1) is 14.0. The van der Waals surface area contributed by atoms with Crippen LogP contribution in [0, 0.1) is 0 Å². The molecule has 1 aromatic carbocycles. The van der Waals surface area contributed by atoms with Crippen LogP contribution < -0.4 is 10.2 Å². The van der Waals surface area contributed by atoms with Crippen LogP contribution in [-0.4, -0.2) is 66.4 Å². The molecule has 0 saturated carbocycles. The lowest BCUT2D eigenvalue weighted by Crippen LogP contribution is -2.47. The van der Waals surface area contributed by atoms with Crippen molar-refractivity contribution in [2.45, 2.75) is 0 Å². The van der Waals surface area contributed by atoms with Crippen LogP contribution >= 0.6 is 0 Å². The lowest BCUT2D eigenvalue weighted by molar-refractivity contribution is 0.188. The van der Waals surface area contributed by atoms with E-state index in [4.69, 9.17) is 5.11 Å². The summed E-state index contributed by atoms with van der Waals surface area (Å²) in [4.78, 5) is 13.7. The molecule has 0 radical (unpaired) electrons. The van der Waals surface area contributed by atoms with Gasteiger partial charge < -0.3 is 15.3 Å². The zero-order valence-corrected chi connectivity index (χ0v) is 12.3. The first-order valence-electron chi connectivity index (χ1n) is 7.34. The van der Waals surface area contributed by atoms with Crippen LogP contribution in [0.2, 0.25) is 0 Å². The number of hydrogen-bond donors (Lipinski definition) is 2. The molecule has 6 nitrogen and oxygen atoms in total. The van der Waals surface area contributed by atoms with Crippen LogP contribution in [-0.2, 0) is 0 Å². The summed E-state index contributed by atoms with van der Waals surface area (Å²) < 4.78 is 0. The first-order chi connectivity index (χ1) is 10.3. The second-order valence-electron chi connectivity index (χ2n) is 5.19. The Hall–Kier alpha value is -1.92. The zero-order valence-electron chi connectivity index (χ0n) is 12.3. The molecule has 6 heteroatoms. The summed E-state index contributed by atoms with van der Waals surface area (Å²) in [5, 5.41) is 13.2. The van der Waals surface area contributed by atoms with Gasteiger partial charge in [0, 0.05) is 45.2 Å². The number of nitrogens with one attached hydrogen (secondary N) is 1. The number of aliphatic hydroxyl groups is 1. The van der Waals surface area contributed by atoms with Crippen LogP contribution in [0.25, 0.3) is 10.9 Å². The Balaban J connectivity index is 1.89. The van der Waals surface area contributed by atoms with Crippen molar-refractivity contribution in [1.82, 2.24) is 14.9 Å². The van der Waals surface area contributed by atoms with Gasteiger partial charge in [0.05, 0.1) is 12.1 Å². The molecule has 0 bridgehead atoms. The fourth-order valence-corrected chi connectivity index (χ4v) is 2.74. The van der Waals surface area contributed by atoms with E-state index in [9.17, 15) is 0 Å². The van der Waals surface area contributed by atoms with Crippen LogP contribution in [0.3, 0.4) is 0 Å². The van der Waals surface area contributed by atoms with E-state index in [2.05, 4.69) is 31.2 Å². The Morgan fingerprint density at radius 1 is 1.14 bits per heavy atom. The summed E-state index contributed by atoms with van der Waals surface area (Å²) in [6.07, 6.45) is 0. The quantitative estimate of drug-likeness (QED) is 0.866. The maximum absolute atomic E-state index is 9.03. The van der Waals surface area contributed by atoms with Crippen molar-refractivity contribution in [2.75, 3.05) is 56.6 Å². The molecule has 1 aromatic heterocycles. The van der Waals surface area contributed by atoms with E-state index in [1.165, 1.54) is 0 Å². The van der Waals surface area contributed by atoms with Gasteiger partial charge in [-0.1, -0.05) is 12.1 Å². The van der Waals surface area contributed by atoms with Gasteiger partial charge in [0.25, 0.3) is 0 Å². The van der Waals surface area contributed by atoms with Gasteiger partial charge >= 0.3 is 0 Å². The summed E-state index contributed by atoms with van der Waals surface area (Å²) in [6.45, 7) is 4.72. The number of β-amino-alcohol motifs (C(OH)–C–C–N with tert-alkyl or cyclic N) is 1. The highest BCUT2D eigenvalue weighted by Crippen LogP contribution is 2.25. The lowest BCUT2D eigenvalue weighted by atomic mass is 10.2. The first-order valence-corrected chi connectivity index (χ1v) is 7.34. The topological polar surface area (TPSA) is 64.5 Å². The van der Waals surface area contributed by atoms with E-state index < -0.39 is 0 Å². The minimum Gasteiger partial charge on any atom is -0.395 e. The second kappa shape index (κ2) is 6.24. The number of aromatic nitrogens is 2. The SMILES string of the molecule is CNc1nc(N2CCN(CCO)CC2)c2ccccc2n1. The van der Waals surface area contributed by atoms with Crippen molar-refractivity contribution in [3.05, 3.63) is 24.3 Å². The monoisotopic (exact) mass is 287 g/mol. The molecule has 21 heavy (non-hydrogen) atoms. The minimum absolute atomic E-state index is 0.223. The van der Waals surface area contributed by atoms with Gasteiger partial charge in [-0.05, 0) is 12.1 Å². The van der Waals surface area contributed by atoms with Crippen LogP contribution in [0.1, 0.15) is 0 Å². The van der Waals surface area contributed by atoms with E-state index in [0.29, 0.717) is 5.95 Å². The molecule has 1 aliphatic rings. The Kier molecular flexibility index (Phi) is 4.17. The number of rotatable bonds is 4. The van der Waals surface area contributed by atoms with E-state index in [1.807, 2.05) is 25.2 Å². The third-order valence-corrected chi connectivity index (χ3v) is 3.89. The van der Waals surface area contributed by atoms with Crippen LogP contribution in [0.4, 0.5) is 11.8 Å². The average molecular weight is 287 g/mol. The molecule has 1 saturated heterocycles. The van der Waals surface area contributed by atoms with E-state index in [0.717, 1.165) is 49.4 Å². The largest absolute Gasteiger partial charge is 0.395 e. The maximum Gasteiger partial charge on any atom is 0.224 e. The molecular formula is C15H21N5O. The number of hydrogen-bond acceptors (Lipinski definition) is 6. The van der Waals surface area contributed by atoms with Gasteiger partial charge in [-0.3, -0.25) is 4.90 Å². The van der Waals surface area contributed by atoms with Crippen LogP contribution in [0.5, 0.6) is 0 Å². The number of para-hydroxylation sites is 1. The van der Waals surface area contributed by atoms with Crippen molar-refractivity contribution in [1.29, 1.82) is 0 Å². The molecule has 1 aliphatic heterocycles. The fraction of sp³-hybridized carbons (Fsp3) is 0.467. The van der Waals surface area contributed by atoms with Gasteiger partial charge in [-0.15, -0.1) is 0 Å². The summed E-state index contributed by atoms with van der Waals surface area (Å²) in [5.41, 5.74) is 0.963. The second-order valence-corrected chi connectivity index (χ2v) is 5.19. The summed E-state index contributed by atoms with van der Waals surface area (Å²) >= 11 is 0. The number of nitrogens with zero attached hydrogens (tertiary/aromatic N) is 4. The molecular weight excluding hydrogens is 266 g/mol. The predicted molar refractivity (Wildman–Crippen MR) is 84.8 cm³/mol. The number of benzene rings is 1. The van der Waals surface area contributed by atoms with Crippen molar-refractivity contribution in [3.8, 4) is 0 Å². The molecule has 0 amide bonds. The van der Waals surface area contributed by atoms with Crippen molar-refractivity contribution in [3.63, 3.8) is 0 Å². The zero-order chi connectivity index (χ0) is 14.7. The Morgan fingerprint density at radius 2 is 1.90 bits per heavy atom. The molecule has 0 spiro atoms. The molecule has 1 fully saturated rings. The highest BCUT2D eigenvalue weighted by atomic mass is 16.3. The van der Waals surface area contributed by atoms with Gasteiger partial charge in [-0.25, -0.2) is 4.98 Å². The van der Waals surface area contributed by atoms with Crippen molar-refractivity contribution in [2.24, 2.45) is 0 Å². The van der Waals surface area contributed by atoms with Crippen molar-refractivity contribution >= 4 is 22.7 Å². The summed E-state index contributed by atoms with van der Waals surface area (Å²) in [6, 6.07) is 8.11. The standard InChI is InChI=1S/C15H21N5O/c1-16-15-17-13-5-3-2-4-12(13)14(18-15)20-8-6-19(7-9-20)10-11-21/h2-5,21H,6-11H2,1H3,(H,16,17,18). The number of fused-ring (bicyclic) bond motifs is 1. The van der Waals surface area contributed by atoms with Gasteiger partial charge in [-0.2, -0.15) is 4.98 Å². The third kappa shape index (κ3) is 2.91. The highest BCUT2D eigenvalue weighted by molar-refractivity contribution is 5.90. The van der Waals surface area contributed by atoms with Gasteiger partial charge in [0.1, 0.15) is 5.82 Å². The molecule has 3 rings (SSSR count). The number of piperazine rings is 1. The molecule has 112 valence electrons. The summed E-state index contributed by atoms with van der Waals surface area (Å²) in [7, 11) is 1.84. The van der Waals surface area contributed by atoms with Crippen LogP contribution in [0.15, 0.2) is 24.3 Å². The molecule has 2 N–H and O–H groups in total. The Bertz CT molecular complexity index is 610. The molecule has 0 unspecified atom stereocenters. The Morgan fingerprint density at radius 3 is 2.62 bits per heavy atom. The Labute approximate surface area is 124 Å². The summed E-state index contributed by atoms with van der Waals surface area (Å²) in [5.74, 6) is 1.65. The third-order valence-electron chi connectivity index (χ3n) is 3.89. The number of aliphatic hydroxyl groups excluding tert-OH is 1. The van der Waals surface area contributed by atoms with E-state index in [1.54, 1.807) is 0 Å². The van der Waals surface area contributed by atoms with E-state index >= 15 is 0 Å². The maximum atomic E-state index is 9.03. The van der Waals surface area contributed by atoms with Crippen molar-refractivity contribution < 1.29 is 5.11 Å². The van der Waals surface area contributed by atoms with Gasteiger partial charge in [0.2, 0.25) is 5.95 Å². The molecule has 2 heterocycles. The normalized spacial score (nSPS) is 16.4. The van der Waals surface area contributed by atoms with Gasteiger partial charge in [0.15, 0.2) is 0 Å². The smallest absolute Gasteiger partial charge is 0.224 e. The molecule has 2 aromatic rings. The van der Waals surface area contributed by atoms with E-state index in [-0.39, 0.29) is 6.61 Å². The highest BCUT2D eigenvalue weighted by Gasteiger charge is 2.20. The molecule has 0 atom stereocenters. The average Bonchev–Trinajstić information content (AvgIpc) is 2.55. The number of anilines is 2.